The summed E-state index contributed by atoms with van der Waals surface area (Å²) >= 11 is 3.13. The van der Waals surface area contributed by atoms with E-state index >= 15 is 0 Å². The van der Waals surface area contributed by atoms with E-state index in [1.54, 1.807) is 0 Å². The Morgan fingerprint density at radius 2 is 2.10 bits per heavy atom. The van der Waals surface area contributed by atoms with Gasteiger partial charge in [0.2, 0.25) is 0 Å². The van der Waals surface area contributed by atoms with Crippen LogP contribution >= 0.6 is 15.9 Å². The molecule has 0 saturated heterocycles. The number of nitrogens with one attached hydrogen (secondary N) is 1. The predicted octanol–water partition coefficient (Wildman–Crippen LogP) is 2.37. The van der Waals surface area contributed by atoms with Crippen molar-refractivity contribution in [2.45, 2.75) is 4.90 Å². The first-order valence-electron chi connectivity index (χ1n) is 5.61. The second-order valence-electron chi connectivity index (χ2n) is 3.99. The third kappa shape index (κ3) is 3.42. The number of nitrogens with two attached hydrogens (primary N) is 1. The molecule has 21 heavy (non-hydrogen) atoms. The van der Waals surface area contributed by atoms with E-state index in [1.807, 2.05) is 0 Å². The number of hydrogen-bond donors (Lipinski definition) is 2. The van der Waals surface area contributed by atoms with Crippen LogP contribution in [0.2, 0.25) is 0 Å². The van der Waals surface area contributed by atoms with Crippen LogP contribution < -0.4 is 15.2 Å². The van der Waals surface area contributed by atoms with Gasteiger partial charge in [-0.15, -0.1) is 0 Å². The summed E-state index contributed by atoms with van der Waals surface area (Å²) in [6, 6.07) is 4.93. The molecule has 0 spiro atoms. The first-order valence-corrected chi connectivity index (χ1v) is 7.88. The van der Waals surface area contributed by atoms with Gasteiger partial charge in [0.1, 0.15) is 10.7 Å². The molecule has 3 N–H and O–H groups in total. The summed E-state index contributed by atoms with van der Waals surface area (Å²) in [5, 5.41) is 0. The summed E-state index contributed by atoms with van der Waals surface area (Å²) in [6.07, 6.45) is 1.38. The fourth-order valence-electron chi connectivity index (χ4n) is 1.58. The Kier molecular flexibility index (Phi) is 4.33. The molecule has 1 aromatic heterocycles. The van der Waals surface area contributed by atoms with Gasteiger partial charge in [0.05, 0.1) is 12.8 Å². The smallest absolute Gasteiger partial charge is 0.265 e. The van der Waals surface area contributed by atoms with E-state index in [1.165, 1.54) is 31.5 Å². The van der Waals surface area contributed by atoms with Crippen molar-refractivity contribution in [2.75, 3.05) is 17.6 Å². The van der Waals surface area contributed by atoms with Crippen LogP contribution in [0.15, 0.2) is 39.8 Å². The van der Waals surface area contributed by atoms with Crippen LogP contribution in [0, 0.1) is 5.82 Å². The topological polar surface area (TPSA) is 94.3 Å². The highest BCUT2D eigenvalue weighted by atomic mass is 79.9. The third-order valence-corrected chi connectivity index (χ3v) is 4.39. The maximum absolute atomic E-state index is 13.3. The van der Waals surface area contributed by atoms with Gasteiger partial charge in [0.25, 0.3) is 10.0 Å². The molecule has 0 aliphatic heterocycles. The van der Waals surface area contributed by atoms with Gasteiger partial charge in [-0.1, -0.05) is 0 Å². The zero-order valence-electron chi connectivity index (χ0n) is 10.8. The van der Waals surface area contributed by atoms with Crippen molar-refractivity contribution < 1.29 is 17.5 Å². The summed E-state index contributed by atoms with van der Waals surface area (Å²) in [5.74, 6) is -0.806. The van der Waals surface area contributed by atoms with Gasteiger partial charge in [-0.2, -0.15) is 0 Å². The maximum Gasteiger partial charge on any atom is 0.265 e. The zero-order valence-corrected chi connectivity index (χ0v) is 13.2. The minimum atomic E-state index is -3.95. The highest BCUT2D eigenvalue weighted by molar-refractivity contribution is 9.10. The lowest BCUT2D eigenvalue weighted by atomic mass is 10.3. The van der Waals surface area contributed by atoms with E-state index in [-0.39, 0.29) is 22.2 Å². The average molecular weight is 376 g/mol. The standard InChI is InChI=1S/C12H11BrFN3O3S/c1-20-10-5-8(2-3-9(10)14)17-21(18,19)11-4-7(13)6-16-12(11)15/h2-6,17H,1H3,(H2,15,16). The molecule has 2 rings (SSSR count). The Hall–Kier alpha value is -1.87. The molecule has 1 aromatic carbocycles. The third-order valence-electron chi connectivity index (χ3n) is 2.54. The molecule has 0 atom stereocenters. The highest BCUT2D eigenvalue weighted by Gasteiger charge is 2.19. The molecule has 6 nitrogen and oxygen atoms in total. The minimum Gasteiger partial charge on any atom is -0.494 e. The number of pyridine rings is 1. The first kappa shape index (κ1) is 15.5. The Labute approximate surface area is 129 Å². The summed E-state index contributed by atoms with van der Waals surface area (Å²) in [5.41, 5.74) is 5.72. The summed E-state index contributed by atoms with van der Waals surface area (Å²) in [4.78, 5) is 3.58. The maximum atomic E-state index is 13.3. The molecule has 0 saturated carbocycles. The predicted molar refractivity (Wildman–Crippen MR) is 80.1 cm³/mol. The number of halogens is 2. The van der Waals surface area contributed by atoms with Crippen molar-refractivity contribution in [3.05, 3.63) is 40.8 Å². The lowest BCUT2D eigenvalue weighted by Gasteiger charge is -2.11. The molecule has 0 unspecified atom stereocenters. The number of aromatic nitrogens is 1. The van der Waals surface area contributed by atoms with Crippen LogP contribution in [-0.2, 0) is 10.0 Å². The highest BCUT2D eigenvalue weighted by Crippen LogP contribution is 2.26. The Bertz CT molecular complexity index is 783. The Balaban J connectivity index is 2.40. The monoisotopic (exact) mass is 375 g/mol. The number of anilines is 2. The fourth-order valence-corrected chi connectivity index (χ4v) is 3.22. The molecule has 9 heteroatoms. The summed E-state index contributed by atoms with van der Waals surface area (Å²) < 4.78 is 45.4. The quantitative estimate of drug-likeness (QED) is 0.855. The zero-order chi connectivity index (χ0) is 15.6. The fraction of sp³-hybridized carbons (Fsp3) is 0.0833. The van der Waals surface area contributed by atoms with Crippen molar-refractivity contribution in [3.8, 4) is 5.75 Å². The molecule has 112 valence electrons. The summed E-state index contributed by atoms with van der Waals surface area (Å²) in [7, 11) is -2.67. The number of hydrogen-bond acceptors (Lipinski definition) is 5. The first-order chi connectivity index (χ1) is 9.83. The molecule has 2 aromatic rings. The van der Waals surface area contributed by atoms with Gasteiger partial charge in [-0.25, -0.2) is 17.8 Å². The lowest BCUT2D eigenvalue weighted by molar-refractivity contribution is 0.387. The normalized spacial score (nSPS) is 11.2. The second-order valence-corrected chi connectivity index (χ2v) is 6.56. The number of sulfonamides is 1. The van der Waals surface area contributed by atoms with Crippen molar-refractivity contribution in [1.29, 1.82) is 0 Å². The van der Waals surface area contributed by atoms with Crippen LogP contribution in [0.3, 0.4) is 0 Å². The molecular formula is C12H11BrFN3O3S. The van der Waals surface area contributed by atoms with Gasteiger partial charge in [0.15, 0.2) is 11.6 Å². The van der Waals surface area contributed by atoms with Crippen LogP contribution in [0.25, 0.3) is 0 Å². The van der Waals surface area contributed by atoms with E-state index in [0.717, 1.165) is 6.07 Å². The molecule has 0 fully saturated rings. The van der Waals surface area contributed by atoms with Crippen LogP contribution in [0.1, 0.15) is 0 Å². The summed E-state index contributed by atoms with van der Waals surface area (Å²) in [6.45, 7) is 0. The van der Waals surface area contributed by atoms with Crippen LogP contribution in [-0.4, -0.2) is 20.5 Å². The van der Waals surface area contributed by atoms with Crippen molar-refractivity contribution in [2.24, 2.45) is 0 Å². The van der Waals surface area contributed by atoms with E-state index in [0.29, 0.717) is 4.47 Å². The van der Waals surface area contributed by atoms with Gasteiger partial charge in [-0.05, 0) is 34.1 Å². The van der Waals surface area contributed by atoms with Crippen molar-refractivity contribution in [3.63, 3.8) is 0 Å². The van der Waals surface area contributed by atoms with E-state index in [9.17, 15) is 12.8 Å². The van der Waals surface area contributed by atoms with Gasteiger partial charge in [0, 0.05) is 16.7 Å². The number of benzene rings is 1. The lowest BCUT2D eigenvalue weighted by Crippen LogP contribution is -2.15. The minimum absolute atomic E-state index is 0.0736. The molecular weight excluding hydrogens is 365 g/mol. The molecule has 0 aliphatic carbocycles. The van der Waals surface area contributed by atoms with Gasteiger partial charge in [-0.3, -0.25) is 4.72 Å². The van der Waals surface area contributed by atoms with Crippen molar-refractivity contribution >= 4 is 37.5 Å². The number of methoxy groups -OCH3 is 1. The SMILES string of the molecule is COc1cc(NS(=O)(=O)c2cc(Br)cnc2N)ccc1F. The molecule has 0 radical (unpaired) electrons. The molecule has 0 aliphatic rings. The number of nitrogens with zero attached hydrogens (tertiary/aromatic N) is 1. The average Bonchev–Trinajstić information content (AvgIpc) is 2.43. The number of rotatable bonds is 4. The van der Waals surface area contributed by atoms with E-state index in [2.05, 4.69) is 25.6 Å². The van der Waals surface area contributed by atoms with Gasteiger partial charge >= 0.3 is 0 Å². The van der Waals surface area contributed by atoms with Gasteiger partial charge < -0.3 is 10.5 Å². The van der Waals surface area contributed by atoms with Crippen LogP contribution in [0.4, 0.5) is 15.9 Å². The number of ether oxygens (including phenoxy) is 1. The Morgan fingerprint density at radius 1 is 1.38 bits per heavy atom. The van der Waals surface area contributed by atoms with E-state index < -0.39 is 15.8 Å². The van der Waals surface area contributed by atoms with Crippen LogP contribution in [0.5, 0.6) is 5.75 Å². The molecule has 0 bridgehead atoms. The van der Waals surface area contributed by atoms with Crippen molar-refractivity contribution in [1.82, 2.24) is 4.98 Å². The molecule has 0 amide bonds. The second kappa shape index (κ2) is 5.86. The Morgan fingerprint density at radius 3 is 2.76 bits per heavy atom. The van der Waals surface area contributed by atoms with E-state index in [4.69, 9.17) is 10.5 Å². The number of nitrogen functional groups attached to an aromatic ring is 1. The largest absolute Gasteiger partial charge is 0.494 e. The molecule has 1 heterocycles.